The quantitative estimate of drug-likeness (QED) is 0.728. The molecule has 3 aromatic rings. The number of hydrogen-bond donors (Lipinski definition) is 0. The molecule has 3 rings (SSSR count). The third-order valence-corrected chi connectivity index (χ3v) is 2.89. The van der Waals surface area contributed by atoms with Crippen molar-refractivity contribution in [2.75, 3.05) is 0 Å². The van der Waals surface area contributed by atoms with E-state index in [1.54, 1.807) is 12.1 Å². The minimum atomic E-state index is 0.209. The molecule has 1 heterocycles. The number of rotatable bonds is 4. The second-order valence-electron chi connectivity index (χ2n) is 4.12. The van der Waals surface area contributed by atoms with Gasteiger partial charge in [0.2, 0.25) is 5.82 Å². The van der Waals surface area contributed by atoms with Gasteiger partial charge in [0.05, 0.1) is 0 Å². The summed E-state index contributed by atoms with van der Waals surface area (Å²) < 4.78 is 10.7. The number of nitrogens with zero attached hydrogens (tertiary/aromatic N) is 2. The van der Waals surface area contributed by atoms with Crippen LogP contribution in [-0.4, -0.2) is 10.1 Å². The zero-order chi connectivity index (χ0) is 13.8. The van der Waals surface area contributed by atoms with Crippen LogP contribution in [0.3, 0.4) is 0 Å². The number of hydrogen-bond acceptors (Lipinski definition) is 4. The van der Waals surface area contributed by atoms with E-state index in [0.717, 1.165) is 5.56 Å². The first kappa shape index (κ1) is 12.7. The molecule has 0 bridgehead atoms. The van der Waals surface area contributed by atoms with Crippen molar-refractivity contribution < 1.29 is 9.26 Å². The van der Waals surface area contributed by atoms with Crippen LogP contribution in [0, 0.1) is 0 Å². The van der Waals surface area contributed by atoms with Gasteiger partial charge in [-0.05, 0) is 18.2 Å². The van der Waals surface area contributed by atoms with E-state index in [2.05, 4.69) is 10.1 Å². The van der Waals surface area contributed by atoms with E-state index in [0.29, 0.717) is 22.5 Å². The van der Waals surface area contributed by atoms with Crippen molar-refractivity contribution in [1.29, 1.82) is 0 Å². The third-order valence-electron chi connectivity index (χ3n) is 2.66. The Kier molecular flexibility index (Phi) is 3.65. The molecule has 0 unspecified atom stereocenters. The molecule has 5 heteroatoms. The molecule has 0 saturated heterocycles. The molecule has 0 spiro atoms. The van der Waals surface area contributed by atoms with E-state index in [1.807, 2.05) is 42.5 Å². The van der Waals surface area contributed by atoms with E-state index < -0.39 is 0 Å². The number of halogens is 1. The number of benzene rings is 2. The van der Waals surface area contributed by atoms with Crippen LogP contribution in [0.25, 0.3) is 11.4 Å². The minimum Gasteiger partial charge on any atom is -0.484 e. The van der Waals surface area contributed by atoms with Gasteiger partial charge in [-0.25, -0.2) is 0 Å². The van der Waals surface area contributed by atoms with Crippen molar-refractivity contribution in [3.05, 3.63) is 65.5 Å². The zero-order valence-electron chi connectivity index (χ0n) is 10.5. The highest BCUT2D eigenvalue weighted by Gasteiger charge is 2.08. The summed E-state index contributed by atoms with van der Waals surface area (Å²) in [4.78, 5) is 4.28. The molecule has 0 fully saturated rings. The first-order valence-electron chi connectivity index (χ1n) is 6.07. The van der Waals surface area contributed by atoms with Crippen LogP contribution >= 0.6 is 11.6 Å². The topological polar surface area (TPSA) is 48.2 Å². The minimum absolute atomic E-state index is 0.209. The zero-order valence-corrected chi connectivity index (χ0v) is 11.2. The van der Waals surface area contributed by atoms with Crippen LogP contribution < -0.4 is 4.74 Å². The SMILES string of the molecule is Clc1cccc(OCc2nc(-c3ccccc3)no2)c1. The molecule has 1 aromatic heterocycles. The lowest BCUT2D eigenvalue weighted by atomic mass is 10.2. The van der Waals surface area contributed by atoms with Gasteiger partial charge in [-0.15, -0.1) is 0 Å². The van der Waals surface area contributed by atoms with Gasteiger partial charge in [0, 0.05) is 10.6 Å². The van der Waals surface area contributed by atoms with Gasteiger partial charge in [0.1, 0.15) is 5.75 Å². The molecule has 0 radical (unpaired) electrons. The van der Waals surface area contributed by atoms with Gasteiger partial charge >= 0.3 is 0 Å². The lowest BCUT2D eigenvalue weighted by Gasteiger charge is -2.02. The van der Waals surface area contributed by atoms with Gasteiger partial charge < -0.3 is 9.26 Å². The molecule has 0 aliphatic rings. The summed E-state index contributed by atoms with van der Waals surface area (Å²) in [6.45, 7) is 0.209. The molecule has 20 heavy (non-hydrogen) atoms. The standard InChI is InChI=1S/C15H11ClN2O2/c16-12-7-4-8-13(9-12)19-10-14-17-15(18-20-14)11-5-2-1-3-6-11/h1-9H,10H2. The molecule has 100 valence electrons. The second kappa shape index (κ2) is 5.75. The van der Waals surface area contributed by atoms with Crippen LogP contribution in [0.4, 0.5) is 0 Å². The van der Waals surface area contributed by atoms with Crippen molar-refractivity contribution in [2.45, 2.75) is 6.61 Å². The van der Waals surface area contributed by atoms with Gasteiger partial charge in [-0.1, -0.05) is 53.2 Å². The Bertz CT molecular complexity index is 698. The van der Waals surface area contributed by atoms with Crippen LogP contribution in [-0.2, 0) is 6.61 Å². The van der Waals surface area contributed by atoms with Gasteiger partial charge in [0.25, 0.3) is 5.89 Å². The Morgan fingerprint density at radius 2 is 1.90 bits per heavy atom. The molecular weight excluding hydrogens is 276 g/mol. The summed E-state index contributed by atoms with van der Waals surface area (Å²) >= 11 is 5.88. The molecule has 0 atom stereocenters. The average molecular weight is 287 g/mol. The summed E-state index contributed by atoms with van der Waals surface area (Å²) in [5.74, 6) is 1.64. The van der Waals surface area contributed by atoms with Gasteiger partial charge in [0.15, 0.2) is 6.61 Å². The molecule has 2 aromatic carbocycles. The van der Waals surface area contributed by atoms with E-state index in [4.69, 9.17) is 20.9 Å². The summed E-state index contributed by atoms with van der Waals surface area (Å²) in [6, 6.07) is 16.8. The fourth-order valence-corrected chi connectivity index (χ4v) is 1.90. The fraction of sp³-hybridized carbons (Fsp3) is 0.0667. The predicted octanol–water partition coefficient (Wildman–Crippen LogP) is 3.97. The summed E-state index contributed by atoms with van der Waals surface area (Å²) in [6.07, 6.45) is 0. The lowest BCUT2D eigenvalue weighted by molar-refractivity contribution is 0.243. The lowest BCUT2D eigenvalue weighted by Crippen LogP contribution is -1.95. The maximum absolute atomic E-state index is 5.88. The molecular formula is C15H11ClN2O2. The first-order valence-corrected chi connectivity index (χ1v) is 6.45. The monoisotopic (exact) mass is 286 g/mol. The normalized spacial score (nSPS) is 10.4. The Morgan fingerprint density at radius 1 is 1.05 bits per heavy atom. The average Bonchev–Trinajstić information content (AvgIpc) is 2.95. The van der Waals surface area contributed by atoms with Crippen molar-refractivity contribution in [3.8, 4) is 17.1 Å². The summed E-state index contributed by atoms with van der Waals surface area (Å²) in [5.41, 5.74) is 0.908. The Labute approximate surface area is 121 Å². The van der Waals surface area contributed by atoms with Crippen LogP contribution in [0.1, 0.15) is 5.89 Å². The van der Waals surface area contributed by atoms with E-state index in [9.17, 15) is 0 Å². The van der Waals surface area contributed by atoms with E-state index >= 15 is 0 Å². The van der Waals surface area contributed by atoms with Crippen LogP contribution in [0.2, 0.25) is 5.02 Å². The van der Waals surface area contributed by atoms with Crippen LogP contribution in [0.5, 0.6) is 5.75 Å². The molecule has 0 N–H and O–H groups in total. The highest BCUT2D eigenvalue weighted by Crippen LogP contribution is 2.19. The molecule has 4 nitrogen and oxygen atoms in total. The van der Waals surface area contributed by atoms with Crippen molar-refractivity contribution in [3.63, 3.8) is 0 Å². The Morgan fingerprint density at radius 3 is 2.70 bits per heavy atom. The van der Waals surface area contributed by atoms with E-state index in [1.165, 1.54) is 0 Å². The largest absolute Gasteiger partial charge is 0.484 e. The van der Waals surface area contributed by atoms with Gasteiger partial charge in [-0.3, -0.25) is 0 Å². The molecule has 0 saturated carbocycles. The van der Waals surface area contributed by atoms with Crippen molar-refractivity contribution in [1.82, 2.24) is 10.1 Å². The maximum atomic E-state index is 5.88. The fourth-order valence-electron chi connectivity index (χ4n) is 1.72. The summed E-state index contributed by atoms with van der Waals surface area (Å²) in [7, 11) is 0. The third kappa shape index (κ3) is 2.97. The molecule has 0 amide bonds. The van der Waals surface area contributed by atoms with Crippen LogP contribution in [0.15, 0.2) is 59.1 Å². The molecule has 0 aliphatic carbocycles. The Hall–Kier alpha value is -2.33. The predicted molar refractivity (Wildman–Crippen MR) is 75.5 cm³/mol. The second-order valence-corrected chi connectivity index (χ2v) is 4.56. The number of ether oxygens (including phenoxy) is 1. The highest BCUT2D eigenvalue weighted by atomic mass is 35.5. The Balaban J connectivity index is 1.69. The summed E-state index contributed by atoms with van der Waals surface area (Å²) in [5, 5.41) is 4.55. The maximum Gasteiger partial charge on any atom is 0.264 e. The van der Waals surface area contributed by atoms with Crippen molar-refractivity contribution >= 4 is 11.6 Å². The highest BCUT2D eigenvalue weighted by molar-refractivity contribution is 6.30. The smallest absolute Gasteiger partial charge is 0.264 e. The van der Waals surface area contributed by atoms with Gasteiger partial charge in [-0.2, -0.15) is 4.98 Å². The number of aromatic nitrogens is 2. The first-order chi connectivity index (χ1) is 9.81. The van der Waals surface area contributed by atoms with E-state index in [-0.39, 0.29) is 6.61 Å². The van der Waals surface area contributed by atoms with Crippen molar-refractivity contribution in [2.24, 2.45) is 0 Å². The molecule has 0 aliphatic heterocycles.